The van der Waals surface area contributed by atoms with Gasteiger partial charge in [-0.05, 0) is 43.0 Å². The number of hydrogen-bond acceptors (Lipinski definition) is 6. The zero-order chi connectivity index (χ0) is 23.9. The van der Waals surface area contributed by atoms with Crippen molar-refractivity contribution in [1.29, 1.82) is 0 Å². The molecule has 0 bridgehead atoms. The van der Waals surface area contributed by atoms with Crippen molar-refractivity contribution in [3.63, 3.8) is 0 Å². The summed E-state index contributed by atoms with van der Waals surface area (Å²) in [5, 5.41) is 0. The van der Waals surface area contributed by atoms with Gasteiger partial charge in [0.25, 0.3) is 0 Å². The summed E-state index contributed by atoms with van der Waals surface area (Å²) in [6.07, 6.45) is 4.50. The number of thiazole rings is 2. The lowest BCUT2D eigenvalue weighted by Crippen LogP contribution is -2.35. The highest BCUT2D eigenvalue weighted by molar-refractivity contribution is 7.16. The van der Waals surface area contributed by atoms with Crippen LogP contribution in [0.25, 0.3) is 20.4 Å². The fourth-order valence-corrected chi connectivity index (χ4v) is 5.96. The maximum atomic E-state index is 12.8. The second kappa shape index (κ2) is 11.9. The summed E-state index contributed by atoms with van der Waals surface area (Å²) >= 11 is 2.53. The molecule has 8 heteroatoms. The summed E-state index contributed by atoms with van der Waals surface area (Å²) in [4.78, 5) is 27.7. The zero-order valence-electron chi connectivity index (χ0n) is 19.9. The molecular formula is C26H33N3O3S2. The minimum absolute atomic E-state index is 0.0229. The van der Waals surface area contributed by atoms with Crippen molar-refractivity contribution in [3.05, 3.63) is 67.9 Å². The number of para-hydroxylation sites is 2. The Morgan fingerprint density at radius 3 is 2.00 bits per heavy atom. The van der Waals surface area contributed by atoms with Crippen LogP contribution < -0.4 is 9.75 Å². The molecule has 0 N–H and O–H groups in total. The van der Waals surface area contributed by atoms with Crippen LogP contribution in [-0.4, -0.2) is 33.8 Å². The van der Waals surface area contributed by atoms with E-state index in [1.165, 1.54) is 41.9 Å². The van der Waals surface area contributed by atoms with Crippen molar-refractivity contribution in [3.8, 4) is 0 Å². The van der Waals surface area contributed by atoms with E-state index in [1.54, 1.807) is 0 Å². The topological polar surface area (TPSA) is 56.5 Å². The number of benzene rings is 2. The first-order valence-corrected chi connectivity index (χ1v) is 13.7. The molecule has 2 heterocycles. The molecule has 4 rings (SSSR count). The smallest absolute Gasteiger partial charge is 0.309 e. The largest absolute Gasteiger partial charge is 0.381 e. The van der Waals surface area contributed by atoms with E-state index in [9.17, 15) is 9.59 Å². The first kappa shape index (κ1) is 24.9. The molecule has 0 radical (unpaired) electrons. The molecule has 0 saturated heterocycles. The molecule has 34 heavy (non-hydrogen) atoms. The number of aromatic nitrogens is 2. The molecule has 0 unspecified atom stereocenters. The molecule has 1 atom stereocenters. The highest BCUT2D eigenvalue weighted by Crippen LogP contribution is 2.19. The molecule has 0 aliphatic heterocycles. The van der Waals surface area contributed by atoms with Gasteiger partial charge >= 0.3 is 9.75 Å². The number of fused-ring (bicyclic) bond motifs is 2. The average Bonchev–Trinajstić information content (AvgIpc) is 3.32. The number of hydrogen-bond donors (Lipinski definition) is 0. The van der Waals surface area contributed by atoms with E-state index in [4.69, 9.17) is 4.74 Å². The predicted molar refractivity (Wildman–Crippen MR) is 143 cm³/mol. The number of rotatable bonds is 13. The second-order valence-electron chi connectivity index (χ2n) is 8.88. The molecule has 0 aliphatic carbocycles. The normalized spacial score (nSPS) is 12.8. The molecule has 2 aromatic carbocycles. The van der Waals surface area contributed by atoms with Crippen LogP contribution in [0.15, 0.2) is 58.1 Å². The Kier molecular flexibility index (Phi) is 8.72. The monoisotopic (exact) mass is 499 g/mol. The Hall–Kier alpha value is -2.26. The van der Waals surface area contributed by atoms with Crippen LogP contribution >= 0.6 is 22.7 Å². The Labute approximate surface area is 208 Å². The Morgan fingerprint density at radius 1 is 0.882 bits per heavy atom. The highest BCUT2D eigenvalue weighted by atomic mass is 32.1. The molecule has 6 nitrogen and oxygen atoms in total. The minimum atomic E-state index is 0.0229. The molecule has 0 spiro atoms. The van der Waals surface area contributed by atoms with Gasteiger partial charge in [0.2, 0.25) is 0 Å². The summed E-state index contributed by atoms with van der Waals surface area (Å²) in [5.41, 5.74) is 1.87. The summed E-state index contributed by atoms with van der Waals surface area (Å²) in [6, 6.07) is 15.8. The third-order valence-corrected chi connectivity index (χ3v) is 7.97. The summed E-state index contributed by atoms with van der Waals surface area (Å²) in [6.45, 7) is 7.51. The zero-order valence-corrected chi connectivity index (χ0v) is 21.6. The summed E-state index contributed by atoms with van der Waals surface area (Å²) in [5.74, 6) is 0.572. The van der Waals surface area contributed by atoms with Gasteiger partial charge < -0.3 is 4.74 Å². The van der Waals surface area contributed by atoms with Crippen LogP contribution in [0.2, 0.25) is 0 Å². The number of nitrogens with zero attached hydrogens (tertiary/aromatic N) is 3. The summed E-state index contributed by atoms with van der Waals surface area (Å²) < 4.78 is 11.5. The third-order valence-electron chi connectivity index (χ3n) is 6.05. The highest BCUT2D eigenvalue weighted by Gasteiger charge is 2.15. The van der Waals surface area contributed by atoms with Crippen molar-refractivity contribution in [2.75, 3.05) is 19.8 Å². The van der Waals surface area contributed by atoms with E-state index >= 15 is 0 Å². The molecule has 0 amide bonds. The van der Waals surface area contributed by atoms with Gasteiger partial charge in [-0.15, -0.1) is 0 Å². The summed E-state index contributed by atoms with van der Waals surface area (Å²) in [7, 11) is 0. The molecule has 182 valence electrons. The second-order valence-corrected chi connectivity index (χ2v) is 10.9. The third kappa shape index (κ3) is 6.05. The predicted octanol–water partition coefficient (Wildman–Crippen LogP) is 5.59. The quantitative estimate of drug-likeness (QED) is 0.225. The molecule has 0 fully saturated rings. The van der Waals surface area contributed by atoms with Crippen LogP contribution in [0, 0.1) is 5.92 Å². The van der Waals surface area contributed by atoms with E-state index in [2.05, 4.69) is 18.7 Å². The van der Waals surface area contributed by atoms with E-state index in [1.807, 2.05) is 57.7 Å². The molecule has 0 aliphatic rings. The molecule has 0 saturated carbocycles. The van der Waals surface area contributed by atoms with Crippen molar-refractivity contribution in [1.82, 2.24) is 14.0 Å². The van der Waals surface area contributed by atoms with Gasteiger partial charge in [-0.2, -0.15) is 0 Å². The molecule has 4 aromatic rings. The fraction of sp³-hybridized carbons (Fsp3) is 0.462. The lowest BCUT2D eigenvalue weighted by molar-refractivity contribution is 0.0830. The van der Waals surface area contributed by atoms with Gasteiger partial charge in [-0.3, -0.25) is 23.6 Å². The standard InChI is InChI=1S/C26H33N3O3S2/c1-3-4-10-20(2)17-32-16-9-15-27(18-28-21-11-5-7-13-23(21)33-25(28)30)19-29-22-12-6-8-14-24(22)34-26(29)31/h5-8,11-14,20H,3-4,9-10,15-19H2,1-2H3/t20-/m1/s1. The minimum Gasteiger partial charge on any atom is -0.381 e. The van der Waals surface area contributed by atoms with Crippen LogP contribution in [-0.2, 0) is 18.1 Å². The Morgan fingerprint density at radius 2 is 1.44 bits per heavy atom. The van der Waals surface area contributed by atoms with Crippen molar-refractivity contribution >= 4 is 43.1 Å². The van der Waals surface area contributed by atoms with E-state index in [-0.39, 0.29) is 9.75 Å². The maximum absolute atomic E-state index is 12.8. The van der Waals surface area contributed by atoms with Crippen LogP contribution in [0.1, 0.15) is 39.5 Å². The maximum Gasteiger partial charge on any atom is 0.309 e. The van der Waals surface area contributed by atoms with Crippen molar-refractivity contribution in [2.45, 2.75) is 52.9 Å². The Bertz CT molecular complexity index is 1230. The Balaban J connectivity index is 1.48. The average molecular weight is 500 g/mol. The number of ether oxygens (including phenoxy) is 1. The van der Waals surface area contributed by atoms with Crippen LogP contribution in [0.3, 0.4) is 0 Å². The lowest BCUT2D eigenvalue weighted by atomic mass is 10.1. The van der Waals surface area contributed by atoms with E-state index in [0.717, 1.165) is 40.0 Å². The van der Waals surface area contributed by atoms with Crippen LogP contribution in [0.5, 0.6) is 0 Å². The van der Waals surface area contributed by atoms with Gasteiger partial charge in [-0.1, -0.05) is 73.6 Å². The van der Waals surface area contributed by atoms with Gasteiger partial charge in [0.05, 0.1) is 33.8 Å². The van der Waals surface area contributed by atoms with Crippen LogP contribution in [0.4, 0.5) is 0 Å². The van der Waals surface area contributed by atoms with E-state index in [0.29, 0.717) is 25.9 Å². The number of unbranched alkanes of at least 4 members (excludes halogenated alkanes) is 1. The van der Waals surface area contributed by atoms with Gasteiger partial charge in [0.1, 0.15) is 0 Å². The SMILES string of the molecule is CCCC[C@@H](C)COCCCN(Cn1c(=O)sc2ccccc21)Cn1c(=O)sc2ccccc21. The first-order valence-electron chi connectivity index (χ1n) is 12.0. The molecular weight excluding hydrogens is 466 g/mol. The lowest BCUT2D eigenvalue weighted by Gasteiger charge is -2.23. The van der Waals surface area contributed by atoms with Gasteiger partial charge in [0.15, 0.2) is 0 Å². The van der Waals surface area contributed by atoms with E-state index < -0.39 is 0 Å². The fourth-order valence-electron chi connectivity index (χ4n) is 4.19. The molecule has 2 aromatic heterocycles. The van der Waals surface area contributed by atoms with Crippen molar-refractivity contribution < 1.29 is 4.74 Å². The van der Waals surface area contributed by atoms with Gasteiger partial charge in [0, 0.05) is 19.8 Å². The van der Waals surface area contributed by atoms with Crippen molar-refractivity contribution in [2.24, 2.45) is 5.92 Å². The van der Waals surface area contributed by atoms with Gasteiger partial charge in [-0.25, -0.2) is 0 Å². The first-order chi connectivity index (χ1) is 16.6.